The minimum Gasteiger partial charge on any atom is -0.337 e. The van der Waals surface area contributed by atoms with Crippen LogP contribution in [-0.2, 0) is 0 Å². The second-order valence-corrected chi connectivity index (χ2v) is 4.83. The topological polar surface area (TPSA) is 63.0 Å². The van der Waals surface area contributed by atoms with Crippen LogP contribution in [0.3, 0.4) is 0 Å². The Balaban J connectivity index is 2.34. The normalized spacial score (nSPS) is 10.8. The number of rotatable bonds is 5. The van der Waals surface area contributed by atoms with Crippen molar-refractivity contribution in [2.45, 2.75) is 10.7 Å². The molecule has 0 bridgehead atoms. The predicted molar refractivity (Wildman–Crippen MR) is 73.5 cm³/mol. The molecule has 1 aromatic heterocycles. The molecule has 0 aliphatic rings. The monoisotopic (exact) mass is 318 g/mol. The minimum absolute atomic E-state index is 0.209. The van der Waals surface area contributed by atoms with Crippen molar-refractivity contribution < 1.29 is 17.6 Å². The van der Waals surface area contributed by atoms with Gasteiger partial charge in [-0.2, -0.15) is 8.78 Å². The first kappa shape index (κ1) is 15.4. The van der Waals surface area contributed by atoms with Gasteiger partial charge in [0.2, 0.25) is 0 Å². The van der Waals surface area contributed by atoms with Crippen molar-refractivity contribution in [3.8, 4) is 0 Å². The summed E-state index contributed by atoms with van der Waals surface area (Å²) in [5.41, 5.74) is 2.20. The third-order valence-electron chi connectivity index (χ3n) is 2.42. The highest BCUT2D eigenvalue weighted by atomic mass is 32.2. The molecule has 0 amide bonds. The van der Waals surface area contributed by atoms with Crippen molar-refractivity contribution in [1.29, 1.82) is 0 Å². The number of hydrogen-bond donors (Lipinski definition) is 3. The zero-order chi connectivity index (χ0) is 15.4. The van der Waals surface area contributed by atoms with Gasteiger partial charge in [0, 0.05) is 11.0 Å². The number of pyridine rings is 1. The van der Waals surface area contributed by atoms with Crippen LogP contribution < -0.4 is 16.6 Å². The lowest BCUT2D eigenvalue weighted by Crippen LogP contribution is -2.12. The van der Waals surface area contributed by atoms with Crippen LogP contribution in [0.2, 0.25) is 0 Å². The Morgan fingerprint density at radius 3 is 2.43 bits per heavy atom. The van der Waals surface area contributed by atoms with Crippen LogP contribution in [0.4, 0.5) is 34.9 Å². The lowest BCUT2D eigenvalue weighted by atomic mass is 10.3. The van der Waals surface area contributed by atoms with Crippen molar-refractivity contribution >= 4 is 29.1 Å². The fourth-order valence-corrected chi connectivity index (χ4v) is 2.15. The number of aromatic nitrogens is 1. The molecule has 0 unspecified atom stereocenters. The number of alkyl halides is 2. The van der Waals surface area contributed by atoms with Crippen LogP contribution in [0.15, 0.2) is 35.2 Å². The number of nitrogen functional groups attached to an aromatic ring is 1. The molecule has 21 heavy (non-hydrogen) atoms. The van der Waals surface area contributed by atoms with Gasteiger partial charge in [-0.1, -0.05) is 23.9 Å². The predicted octanol–water partition coefficient (Wildman–Crippen LogP) is 3.70. The molecule has 1 heterocycles. The molecular formula is C12H10F4N4S. The number of nitrogens with two attached hydrogens (primary N) is 1. The number of hydrazine groups is 1. The lowest BCUT2D eigenvalue weighted by Gasteiger charge is -2.12. The van der Waals surface area contributed by atoms with Crippen LogP contribution in [0.1, 0.15) is 0 Å². The Labute approximate surface area is 121 Å². The molecule has 0 aliphatic carbocycles. The molecule has 1 aromatic carbocycles. The lowest BCUT2D eigenvalue weighted by molar-refractivity contribution is 0.252. The largest absolute Gasteiger partial charge is 0.337 e. The van der Waals surface area contributed by atoms with Crippen molar-refractivity contribution in [3.05, 3.63) is 42.0 Å². The maximum Gasteiger partial charge on any atom is 0.288 e. The van der Waals surface area contributed by atoms with Gasteiger partial charge in [-0.25, -0.2) is 19.6 Å². The van der Waals surface area contributed by atoms with E-state index in [-0.39, 0.29) is 22.2 Å². The SMILES string of the molecule is NNc1nc(Nc2ccccc2SC(F)F)c(F)cc1F. The number of hydrogen-bond acceptors (Lipinski definition) is 5. The van der Waals surface area contributed by atoms with Gasteiger partial charge in [0.25, 0.3) is 5.76 Å². The van der Waals surface area contributed by atoms with E-state index in [0.717, 1.165) is 0 Å². The molecule has 2 rings (SSSR count). The fourth-order valence-electron chi connectivity index (χ4n) is 1.55. The van der Waals surface area contributed by atoms with Gasteiger partial charge in [0.1, 0.15) is 0 Å². The van der Waals surface area contributed by atoms with Crippen LogP contribution in [0, 0.1) is 11.6 Å². The average molecular weight is 318 g/mol. The zero-order valence-electron chi connectivity index (χ0n) is 10.4. The fraction of sp³-hybridized carbons (Fsp3) is 0.0833. The maximum absolute atomic E-state index is 13.7. The van der Waals surface area contributed by atoms with E-state index in [1.807, 2.05) is 5.43 Å². The zero-order valence-corrected chi connectivity index (χ0v) is 11.2. The van der Waals surface area contributed by atoms with E-state index < -0.39 is 17.4 Å². The summed E-state index contributed by atoms with van der Waals surface area (Å²) in [7, 11) is 0. The standard InChI is InChI=1S/C12H10F4N4S/c13-6-5-7(14)11(20-17)19-10(6)18-8-3-1-2-4-9(8)21-12(15)16/h1-5,12H,17H2,(H2,18,19,20). The first-order valence-corrected chi connectivity index (χ1v) is 6.52. The Hall–Kier alpha value is -2.00. The van der Waals surface area contributed by atoms with Crippen molar-refractivity contribution in [2.24, 2.45) is 5.84 Å². The van der Waals surface area contributed by atoms with Crippen molar-refractivity contribution in [3.63, 3.8) is 0 Å². The quantitative estimate of drug-likeness (QED) is 0.339. The Kier molecular flexibility index (Phi) is 4.86. The van der Waals surface area contributed by atoms with E-state index in [2.05, 4.69) is 10.3 Å². The molecule has 0 spiro atoms. The highest BCUT2D eigenvalue weighted by Gasteiger charge is 2.14. The van der Waals surface area contributed by atoms with E-state index in [4.69, 9.17) is 5.84 Å². The second kappa shape index (κ2) is 6.64. The third-order valence-corrected chi connectivity index (χ3v) is 3.21. The number of thioether (sulfide) groups is 1. The molecular weight excluding hydrogens is 308 g/mol. The molecule has 112 valence electrons. The third kappa shape index (κ3) is 3.76. The van der Waals surface area contributed by atoms with Crippen molar-refractivity contribution in [2.75, 3.05) is 10.7 Å². The number of halogens is 4. The molecule has 0 fully saturated rings. The number of benzene rings is 1. The summed E-state index contributed by atoms with van der Waals surface area (Å²) in [6.07, 6.45) is 0. The number of nitrogens with one attached hydrogen (secondary N) is 2. The Morgan fingerprint density at radius 2 is 1.76 bits per heavy atom. The number of nitrogens with zero attached hydrogens (tertiary/aromatic N) is 1. The molecule has 9 heteroatoms. The maximum atomic E-state index is 13.7. The number of anilines is 3. The molecule has 0 radical (unpaired) electrons. The van der Waals surface area contributed by atoms with E-state index in [1.54, 1.807) is 12.1 Å². The first-order valence-electron chi connectivity index (χ1n) is 5.64. The second-order valence-electron chi connectivity index (χ2n) is 3.79. The van der Waals surface area contributed by atoms with Gasteiger partial charge in [-0.05, 0) is 12.1 Å². The summed E-state index contributed by atoms with van der Waals surface area (Å²) in [6.45, 7) is 0. The van der Waals surface area contributed by atoms with Crippen LogP contribution >= 0.6 is 11.8 Å². The van der Waals surface area contributed by atoms with Crippen LogP contribution in [0.25, 0.3) is 0 Å². The van der Waals surface area contributed by atoms with E-state index in [0.29, 0.717) is 17.8 Å². The summed E-state index contributed by atoms with van der Waals surface area (Å²) in [5.74, 6) is -0.194. The highest BCUT2D eigenvalue weighted by Crippen LogP contribution is 2.33. The summed E-state index contributed by atoms with van der Waals surface area (Å²) in [4.78, 5) is 3.82. The minimum atomic E-state index is -2.62. The number of para-hydroxylation sites is 1. The molecule has 4 nitrogen and oxygen atoms in total. The van der Waals surface area contributed by atoms with Gasteiger partial charge in [-0.15, -0.1) is 0 Å². The summed E-state index contributed by atoms with van der Waals surface area (Å²) < 4.78 is 51.8. The van der Waals surface area contributed by atoms with E-state index in [1.165, 1.54) is 12.1 Å². The Bertz CT molecular complexity index is 639. The van der Waals surface area contributed by atoms with Crippen LogP contribution in [-0.4, -0.2) is 10.7 Å². The molecule has 2 aromatic rings. The molecule has 0 aliphatic heterocycles. The van der Waals surface area contributed by atoms with Crippen molar-refractivity contribution in [1.82, 2.24) is 4.98 Å². The van der Waals surface area contributed by atoms with Crippen LogP contribution in [0.5, 0.6) is 0 Å². The molecule has 0 saturated carbocycles. The summed E-state index contributed by atoms with van der Waals surface area (Å²) in [6, 6.07) is 6.67. The summed E-state index contributed by atoms with van der Waals surface area (Å²) >= 11 is 0.303. The van der Waals surface area contributed by atoms with Gasteiger partial charge in [-0.3, -0.25) is 0 Å². The molecule has 4 N–H and O–H groups in total. The van der Waals surface area contributed by atoms with E-state index >= 15 is 0 Å². The highest BCUT2D eigenvalue weighted by molar-refractivity contribution is 7.99. The smallest absolute Gasteiger partial charge is 0.288 e. The van der Waals surface area contributed by atoms with Gasteiger partial charge >= 0.3 is 0 Å². The van der Waals surface area contributed by atoms with Gasteiger partial charge in [0.15, 0.2) is 23.3 Å². The molecule has 0 atom stereocenters. The molecule has 0 saturated heterocycles. The summed E-state index contributed by atoms with van der Waals surface area (Å²) in [5, 5.41) is 2.55. The first-order chi connectivity index (χ1) is 10.0. The van der Waals surface area contributed by atoms with E-state index in [9.17, 15) is 17.6 Å². The Morgan fingerprint density at radius 1 is 1.10 bits per heavy atom. The average Bonchev–Trinajstić information content (AvgIpc) is 2.43. The van der Waals surface area contributed by atoms with Gasteiger partial charge in [0.05, 0.1) is 5.69 Å². The van der Waals surface area contributed by atoms with Gasteiger partial charge < -0.3 is 10.7 Å².